The molecule has 0 saturated heterocycles. The van der Waals surface area contributed by atoms with Crippen LogP contribution in [0.3, 0.4) is 0 Å². The molecule has 0 unspecified atom stereocenters. The van der Waals surface area contributed by atoms with Crippen LogP contribution in [-0.4, -0.2) is 29.4 Å². The number of para-hydroxylation sites is 2. The van der Waals surface area contributed by atoms with E-state index in [-0.39, 0.29) is 11.7 Å². The molecule has 4 aromatic rings. The highest BCUT2D eigenvalue weighted by Crippen LogP contribution is 2.23. The van der Waals surface area contributed by atoms with Crippen molar-refractivity contribution in [3.63, 3.8) is 0 Å². The minimum absolute atomic E-state index is 0.177. The molecule has 0 aliphatic heterocycles. The molecule has 0 aliphatic rings. The van der Waals surface area contributed by atoms with E-state index in [2.05, 4.69) is 19.9 Å². The lowest BCUT2D eigenvalue weighted by molar-refractivity contribution is 0.444. The molecule has 0 bridgehead atoms. The Balaban J connectivity index is 2.00. The fourth-order valence-corrected chi connectivity index (χ4v) is 2.42. The SMILES string of the molecule is Cc1nc2ccccc2nc1-c1cn2c(O)cc(=O)[nH]c2n1. The smallest absolute Gasteiger partial charge is 0.256 e. The molecule has 0 saturated carbocycles. The molecule has 3 aromatic heterocycles. The molecular formula is C15H11N5O2. The second-order valence-corrected chi connectivity index (χ2v) is 4.96. The number of fused-ring (bicyclic) bond motifs is 2. The number of benzene rings is 1. The third kappa shape index (κ3) is 1.83. The normalized spacial score (nSPS) is 11.3. The zero-order valence-electron chi connectivity index (χ0n) is 11.6. The van der Waals surface area contributed by atoms with Crippen LogP contribution in [0.4, 0.5) is 0 Å². The lowest BCUT2D eigenvalue weighted by atomic mass is 10.2. The number of aromatic hydroxyl groups is 1. The van der Waals surface area contributed by atoms with E-state index in [1.807, 2.05) is 31.2 Å². The quantitative estimate of drug-likeness (QED) is 0.556. The van der Waals surface area contributed by atoms with Gasteiger partial charge in [0.15, 0.2) is 0 Å². The highest BCUT2D eigenvalue weighted by Gasteiger charge is 2.13. The summed E-state index contributed by atoms with van der Waals surface area (Å²) in [6.45, 7) is 1.85. The van der Waals surface area contributed by atoms with Gasteiger partial charge in [-0.25, -0.2) is 15.0 Å². The summed E-state index contributed by atoms with van der Waals surface area (Å²) >= 11 is 0. The number of nitrogens with zero attached hydrogens (tertiary/aromatic N) is 4. The van der Waals surface area contributed by atoms with E-state index in [0.29, 0.717) is 11.4 Å². The van der Waals surface area contributed by atoms with E-state index in [1.54, 1.807) is 6.20 Å². The first-order chi connectivity index (χ1) is 10.6. The second-order valence-electron chi connectivity index (χ2n) is 4.96. The molecule has 3 heterocycles. The van der Waals surface area contributed by atoms with Gasteiger partial charge in [-0.2, -0.15) is 0 Å². The van der Waals surface area contributed by atoms with E-state index in [0.717, 1.165) is 22.8 Å². The Labute approximate surface area is 123 Å². The number of hydrogen-bond donors (Lipinski definition) is 2. The van der Waals surface area contributed by atoms with Crippen molar-refractivity contribution >= 4 is 16.8 Å². The van der Waals surface area contributed by atoms with Gasteiger partial charge in [0.25, 0.3) is 5.56 Å². The zero-order valence-corrected chi connectivity index (χ0v) is 11.6. The summed E-state index contributed by atoms with van der Waals surface area (Å²) in [7, 11) is 0. The molecule has 2 N–H and O–H groups in total. The molecule has 1 aromatic carbocycles. The van der Waals surface area contributed by atoms with Crippen molar-refractivity contribution in [3.05, 3.63) is 52.6 Å². The molecular weight excluding hydrogens is 282 g/mol. The standard InChI is InChI=1S/C15H11N5O2/c1-8-14(17-10-5-3-2-4-9(10)16-8)11-7-20-13(22)6-12(21)19-15(20)18-11/h2-7,22H,1H3,(H,18,19,21). The summed E-state index contributed by atoms with van der Waals surface area (Å²) in [6.07, 6.45) is 1.62. The molecule has 0 fully saturated rings. The maximum atomic E-state index is 11.4. The van der Waals surface area contributed by atoms with Crippen molar-refractivity contribution < 1.29 is 5.11 Å². The third-order valence-corrected chi connectivity index (χ3v) is 3.44. The fourth-order valence-electron chi connectivity index (χ4n) is 2.42. The topological polar surface area (TPSA) is 96.2 Å². The van der Waals surface area contributed by atoms with Crippen LogP contribution in [0.5, 0.6) is 5.88 Å². The number of hydrogen-bond acceptors (Lipinski definition) is 5. The predicted octanol–water partition coefficient (Wildman–Crippen LogP) is 1.65. The average molecular weight is 293 g/mol. The van der Waals surface area contributed by atoms with Gasteiger partial charge in [0.2, 0.25) is 11.7 Å². The van der Waals surface area contributed by atoms with E-state index in [1.165, 1.54) is 4.40 Å². The Morgan fingerprint density at radius 2 is 1.86 bits per heavy atom. The van der Waals surface area contributed by atoms with Crippen molar-refractivity contribution in [1.29, 1.82) is 0 Å². The highest BCUT2D eigenvalue weighted by atomic mass is 16.3. The lowest BCUT2D eigenvalue weighted by Crippen LogP contribution is -2.06. The summed E-state index contributed by atoms with van der Waals surface area (Å²) in [6, 6.07) is 8.66. The minimum atomic E-state index is -0.413. The van der Waals surface area contributed by atoms with Gasteiger partial charge in [0.05, 0.1) is 22.8 Å². The second kappa shape index (κ2) is 4.39. The van der Waals surface area contributed by atoms with Crippen LogP contribution in [0.1, 0.15) is 5.69 Å². The Hall–Kier alpha value is -3.22. The van der Waals surface area contributed by atoms with Crippen LogP contribution in [-0.2, 0) is 0 Å². The van der Waals surface area contributed by atoms with E-state index >= 15 is 0 Å². The average Bonchev–Trinajstić information content (AvgIpc) is 2.90. The third-order valence-electron chi connectivity index (χ3n) is 3.44. The summed E-state index contributed by atoms with van der Waals surface area (Å²) in [4.78, 5) is 27.4. The molecule has 0 aliphatic carbocycles. The zero-order chi connectivity index (χ0) is 15.3. The first kappa shape index (κ1) is 12.5. The van der Waals surface area contributed by atoms with E-state index < -0.39 is 5.56 Å². The number of H-pyrrole nitrogens is 1. The van der Waals surface area contributed by atoms with Gasteiger partial charge in [-0.15, -0.1) is 0 Å². The first-order valence-electron chi connectivity index (χ1n) is 6.67. The Kier molecular flexibility index (Phi) is 2.50. The molecule has 108 valence electrons. The molecule has 0 atom stereocenters. The predicted molar refractivity (Wildman–Crippen MR) is 80.7 cm³/mol. The maximum absolute atomic E-state index is 11.4. The van der Waals surface area contributed by atoms with Crippen molar-refractivity contribution in [1.82, 2.24) is 24.3 Å². The lowest BCUT2D eigenvalue weighted by Gasteiger charge is -2.03. The number of aryl methyl sites for hydroxylation is 1. The number of aromatic amines is 1. The molecule has 0 amide bonds. The largest absolute Gasteiger partial charge is 0.494 e. The van der Waals surface area contributed by atoms with Crippen LogP contribution in [0, 0.1) is 6.92 Å². The summed E-state index contributed by atoms with van der Waals surface area (Å²) in [5, 5.41) is 9.82. The van der Waals surface area contributed by atoms with Crippen LogP contribution >= 0.6 is 0 Å². The number of rotatable bonds is 1. The van der Waals surface area contributed by atoms with Gasteiger partial charge in [-0.3, -0.25) is 14.2 Å². The maximum Gasteiger partial charge on any atom is 0.256 e. The molecule has 7 nitrogen and oxygen atoms in total. The van der Waals surface area contributed by atoms with Crippen LogP contribution in [0.15, 0.2) is 41.3 Å². The van der Waals surface area contributed by atoms with Gasteiger partial charge >= 0.3 is 0 Å². The van der Waals surface area contributed by atoms with E-state index in [4.69, 9.17) is 0 Å². The Bertz CT molecular complexity index is 1080. The molecule has 7 heteroatoms. The van der Waals surface area contributed by atoms with Crippen molar-refractivity contribution in [3.8, 4) is 17.3 Å². The van der Waals surface area contributed by atoms with Crippen molar-refractivity contribution in [2.45, 2.75) is 6.92 Å². The van der Waals surface area contributed by atoms with Crippen LogP contribution < -0.4 is 5.56 Å². The van der Waals surface area contributed by atoms with Crippen LogP contribution in [0.2, 0.25) is 0 Å². The van der Waals surface area contributed by atoms with Gasteiger partial charge in [-0.1, -0.05) is 12.1 Å². The monoisotopic (exact) mass is 293 g/mol. The van der Waals surface area contributed by atoms with Crippen LogP contribution in [0.25, 0.3) is 28.2 Å². The molecule has 0 radical (unpaired) electrons. The highest BCUT2D eigenvalue weighted by molar-refractivity contribution is 5.77. The fraction of sp³-hybridized carbons (Fsp3) is 0.0667. The van der Waals surface area contributed by atoms with Gasteiger partial charge in [-0.05, 0) is 19.1 Å². The van der Waals surface area contributed by atoms with Crippen molar-refractivity contribution in [2.24, 2.45) is 0 Å². The first-order valence-corrected chi connectivity index (χ1v) is 6.67. The summed E-state index contributed by atoms with van der Waals surface area (Å²) in [5.41, 5.74) is 3.03. The van der Waals surface area contributed by atoms with Gasteiger partial charge in [0, 0.05) is 6.20 Å². The number of imidazole rings is 1. The summed E-state index contributed by atoms with van der Waals surface area (Å²) in [5.74, 6) is 0.0817. The number of nitrogens with one attached hydrogen (secondary N) is 1. The van der Waals surface area contributed by atoms with E-state index in [9.17, 15) is 9.90 Å². The summed E-state index contributed by atoms with van der Waals surface area (Å²) < 4.78 is 1.40. The Morgan fingerprint density at radius 1 is 1.14 bits per heavy atom. The number of aromatic nitrogens is 5. The molecule has 0 spiro atoms. The molecule has 4 rings (SSSR count). The Morgan fingerprint density at radius 3 is 2.64 bits per heavy atom. The molecule has 22 heavy (non-hydrogen) atoms. The van der Waals surface area contributed by atoms with Gasteiger partial charge < -0.3 is 5.11 Å². The van der Waals surface area contributed by atoms with Crippen molar-refractivity contribution in [2.75, 3.05) is 0 Å². The minimum Gasteiger partial charge on any atom is -0.494 e. The van der Waals surface area contributed by atoms with Gasteiger partial charge in [0.1, 0.15) is 11.4 Å².